The van der Waals surface area contributed by atoms with Crippen LogP contribution in [-0.4, -0.2) is 25.8 Å². The second kappa shape index (κ2) is 8.10. The van der Waals surface area contributed by atoms with Crippen molar-refractivity contribution in [1.29, 1.82) is 0 Å². The molecule has 13 heavy (non-hydrogen) atoms. The Bertz CT molecular complexity index is 151. The Morgan fingerprint density at radius 3 is 2.46 bits per heavy atom. The Hall–Kier alpha value is -0.520. The van der Waals surface area contributed by atoms with Crippen LogP contribution in [-0.2, 0) is 4.74 Å². The fourth-order valence-corrected chi connectivity index (χ4v) is 1.30. The maximum atomic E-state index is 5.43. The van der Waals surface area contributed by atoms with E-state index in [9.17, 15) is 0 Å². The molecule has 1 N–H and O–H groups in total. The van der Waals surface area contributed by atoms with Crippen LogP contribution in [0.3, 0.4) is 0 Å². The molecular formula is C11H21NO. The topological polar surface area (TPSA) is 21.3 Å². The molecule has 2 unspecified atom stereocenters. The van der Waals surface area contributed by atoms with Gasteiger partial charge in [-0.25, -0.2) is 0 Å². The van der Waals surface area contributed by atoms with Crippen LogP contribution < -0.4 is 5.32 Å². The first-order valence-corrected chi connectivity index (χ1v) is 5.02. The summed E-state index contributed by atoms with van der Waals surface area (Å²) in [5.74, 6) is 2.74. The Kier molecular flexibility index (Phi) is 7.77. The van der Waals surface area contributed by atoms with Gasteiger partial charge in [-0.3, -0.25) is 0 Å². The predicted octanol–water partition coefficient (Wildman–Crippen LogP) is 1.80. The summed E-state index contributed by atoms with van der Waals surface area (Å²) in [6.07, 6.45) is 8.80. The second-order valence-corrected chi connectivity index (χ2v) is 3.16. The third-order valence-corrected chi connectivity index (χ3v) is 2.04. The molecule has 76 valence electrons. The maximum Gasteiger partial charge on any atom is 0.0952 e. The van der Waals surface area contributed by atoms with E-state index in [4.69, 9.17) is 11.2 Å². The molecule has 0 aliphatic heterocycles. The number of hydrogen-bond acceptors (Lipinski definition) is 2. The Balaban J connectivity index is 3.94. The molecule has 0 saturated heterocycles. The third kappa shape index (κ3) is 4.92. The van der Waals surface area contributed by atoms with Crippen molar-refractivity contribution in [2.45, 2.75) is 45.3 Å². The SMILES string of the molecule is C#CC(NCCC)C(CCC)OC. The summed E-state index contributed by atoms with van der Waals surface area (Å²) >= 11 is 0. The minimum atomic E-state index is 0.0601. The lowest BCUT2D eigenvalue weighted by Crippen LogP contribution is -2.40. The highest BCUT2D eigenvalue weighted by Crippen LogP contribution is 2.05. The maximum absolute atomic E-state index is 5.43. The Morgan fingerprint density at radius 2 is 2.08 bits per heavy atom. The van der Waals surface area contributed by atoms with Crippen molar-refractivity contribution in [3.05, 3.63) is 0 Å². The number of terminal acetylenes is 1. The molecule has 0 spiro atoms. The standard InChI is InChI=1S/C11H21NO/c1-5-8-11(13-4)10(7-3)12-9-6-2/h3,10-12H,5-6,8-9H2,1-2,4H3. The van der Waals surface area contributed by atoms with E-state index in [1.165, 1.54) is 0 Å². The zero-order valence-electron chi connectivity index (χ0n) is 8.97. The van der Waals surface area contributed by atoms with Crippen LogP contribution in [0.2, 0.25) is 0 Å². The number of methoxy groups -OCH3 is 1. The third-order valence-electron chi connectivity index (χ3n) is 2.04. The molecule has 0 radical (unpaired) electrons. The fraction of sp³-hybridized carbons (Fsp3) is 0.818. The summed E-state index contributed by atoms with van der Waals surface area (Å²) in [6, 6.07) is 0.0601. The van der Waals surface area contributed by atoms with E-state index in [0.29, 0.717) is 0 Å². The van der Waals surface area contributed by atoms with Gasteiger partial charge in [0.1, 0.15) is 0 Å². The van der Waals surface area contributed by atoms with Gasteiger partial charge in [-0.05, 0) is 19.4 Å². The van der Waals surface area contributed by atoms with Crippen LogP contribution in [0.15, 0.2) is 0 Å². The van der Waals surface area contributed by atoms with Gasteiger partial charge in [-0.1, -0.05) is 26.2 Å². The van der Waals surface area contributed by atoms with Crippen molar-refractivity contribution >= 4 is 0 Å². The molecule has 0 bridgehead atoms. The van der Waals surface area contributed by atoms with Gasteiger partial charge in [-0.15, -0.1) is 6.42 Å². The van der Waals surface area contributed by atoms with Gasteiger partial charge in [0.15, 0.2) is 0 Å². The summed E-state index contributed by atoms with van der Waals surface area (Å²) < 4.78 is 5.34. The molecule has 0 rings (SSSR count). The van der Waals surface area contributed by atoms with Crippen LogP contribution in [0.1, 0.15) is 33.1 Å². The van der Waals surface area contributed by atoms with Crippen molar-refractivity contribution < 1.29 is 4.74 Å². The van der Waals surface area contributed by atoms with Crippen molar-refractivity contribution in [2.24, 2.45) is 0 Å². The lowest BCUT2D eigenvalue weighted by Gasteiger charge is -2.22. The normalized spacial score (nSPS) is 14.9. The van der Waals surface area contributed by atoms with Gasteiger partial charge in [0.05, 0.1) is 12.1 Å². The first kappa shape index (κ1) is 12.5. The monoisotopic (exact) mass is 183 g/mol. The summed E-state index contributed by atoms with van der Waals surface area (Å²) in [7, 11) is 1.72. The molecule has 0 aromatic rings. The smallest absolute Gasteiger partial charge is 0.0952 e. The molecule has 0 aromatic heterocycles. The average Bonchev–Trinajstić information content (AvgIpc) is 2.17. The van der Waals surface area contributed by atoms with E-state index in [-0.39, 0.29) is 12.1 Å². The lowest BCUT2D eigenvalue weighted by atomic mass is 10.1. The van der Waals surface area contributed by atoms with Crippen molar-refractivity contribution in [1.82, 2.24) is 5.32 Å². The first-order valence-electron chi connectivity index (χ1n) is 5.02. The molecule has 2 heteroatoms. The van der Waals surface area contributed by atoms with E-state index in [1.807, 2.05) is 0 Å². The average molecular weight is 183 g/mol. The highest BCUT2D eigenvalue weighted by Gasteiger charge is 2.16. The number of rotatable bonds is 7. The molecule has 0 aromatic carbocycles. The van der Waals surface area contributed by atoms with Crippen molar-refractivity contribution in [2.75, 3.05) is 13.7 Å². The summed E-state index contributed by atoms with van der Waals surface area (Å²) in [5.41, 5.74) is 0. The highest BCUT2D eigenvalue weighted by molar-refractivity contribution is 5.02. The van der Waals surface area contributed by atoms with Crippen LogP contribution in [0.4, 0.5) is 0 Å². The summed E-state index contributed by atoms with van der Waals surface area (Å²) in [5, 5.41) is 3.29. The van der Waals surface area contributed by atoms with E-state index in [1.54, 1.807) is 7.11 Å². The number of hydrogen-bond donors (Lipinski definition) is 1. The van der Waals surface area contributed by atoms with Gasteiger partial charge in [0, 0.05) is 7.11 Å². The number of nitrogens with one attached hydrogen (secondary N) is 1. The van der Waals surface area contributed by atoms with Crippen LogP contribution in [0, 0.1) is 12.3 Å². The van der Waals surface area contributed by atoms with Crippen molar-refractivity contribution in [3.63, 3.8) is 0 Å². The summed E-state index contributed by atoms with van der Waals surface area (Å²) in [6.45, 7) is 5.22. The Labute approximate surface area is 82.1 Å². The second-order valence-electron chi connectivity index (χ2n) is 3.16. The quantitative estimate of drug-likeness (QED) is 0.608. The van der Waals surface area contributed by atoms with E-state index in [0.717, 1.165) is 25.8 Å². The lowest BCUT2D eigenvalue weighted by molar-refractivity contribution is 0.0769. The molecule has 0 aliphatic carbocycles. The van der Waals surface area contributed by atoms with E-state index in [2.05, 4.69) is 25.1 Å². The molecule has 0 saturated carbocycles. The van der Waals surface area contributed by atoms with Gasteiger partial charge in [0.25, 0.3) is 0 Å². The number of ether oxygens (including phenoxy) is 1. The fourth-order valence-electron chi connectivity index (χ4n) is 1.30. The zero-order valence-corrected chi connectivity index (χ0v) is 8.97. The molecule has 2 nitrogen and oxygen atoms in total. The van der Waals surface area contributed by atoms with Gasteiger partial charge in [-0.2, -0.15) is 0 Å². The van der Waals surface area contributed by atoms with Crippen LogP contribution >= 0.6 is 0 Å². The van der Waals surface area contributed by atoms with Crippen molar-refractivity contribution in [3.8, 4) is 12.3 Å². The molecular weight excluding hydrogens is 162 g/mol. The predicted molar refractivity (Wildman–Crippen MR) is 56.6 cm³/mol. The molecule has 0 amide bonds. The minimum absolute atomic E-state index is 0.0601. The molecule has 0 fully saturated rings. The van der Waals surface area contributed by atoms with Crippen LogP contribution in [0.5, 0.6) is 0 Å². The zero-order chi connectivity index (χ0) is 10.1. The van der Waals surface area contributed by atoms with Gasteiger partial charge in [0.2, 0.25) is 0 Å². The molecule has 2 atom stereocenters. The first-order chi connectivity index (χ1) is 6.29. The van der Waals surface area contributed by atoms with Crippen LogP contribution in [0.25, 0.3) is 0 Å². The minimum Gasteiger partial charge on any atom is -0.379 e. The summed E-state index contributed by atoms with van der Waals surface area (Å²) in [4.78, 5) is 0. The van der Waals surface area contributed by atoms with E-state index < -0.39 is 0 Å². The highest BCUT2D eigenvalue weighted by atomic mass is 16.5. The molecule has 0 aliphatic rings. The molecule has 0 heterocycles. The largest absolute Gasteiger partial charge is 0.379 e. The van der Waals surface area contributed by atoms with Gasteiger partial charge < -0.3 is 10.1 Å². The van der Waals surface area contributed by atoms with E-state index >= 15 is 0 Å². The Morgan fingerprint density at radius 1 is 1.38 bits per heavy atom. The van der Waals surface area contributed by atoms with Gasteiger partial charge >= 0.3 is 0 Å².